The Labute approximate surface area is 153 Å². The Hall–Kier alpha value is -3.15. The number of hydrogen-bond acceptors (Lipinski definition) is 3. The molecule has 0 spiro atoms. The lowest BCUT2D eigenvalue weighted by Crippen LogP contribution is -2.37. The van der Waals surface area contributed by atoms with Crippen LogP contribution in [0.3, 0.4) is 0 Å². The first-order chi connectivity index (χ1) is 12.4. The van der Waals surface area contributed by atoms with Crippen molar-refractivity contribution in [2.24, 2.45) is 0 Å². The van der Waals surface area contributed by atoms with Gasteiger partial charge in [-0.05, 0) is 36.2 Å². The number of rotatable bonds is 6. The number of benzene rings is 2. The van der Waals surface area contributed by atoms with Crippen molar-refractivity contribution in [2.45, 2.75) is 27.2 Å². The molecule has 0 saturated heterocycles. The molecule has 26 heavy (non-hydrogen) atoms. The molecule has 3 amide bonds. The standard InChI is InChI=1S/C20H23N3O3/c1-4-16-8-5-6-11-19(16)23(15(3)25)13-20(26)22-18-10-7-9-17(12-18)21-14(2)24/h5-12H,4,13H2,1-3H3,(H,21,24)(H,22,26). The smallest absolute Gasteiger partial charge is 0.244 e. The molecule has 0 bridgehead atoms. The van der Waals surface area contributed by atoms with Crippen LogP contribution in [0.2, 0.25) is 0 Å². The van der Waals surface area contributed by atoms with Crippen molar-refractivity contribution in [3.05, 3.63) is 54.1 Å². The minimum Gasteiger partial charge on any atom is -0.326 e. The average molecular weight is 353 g/mol. The lowest BCUT2D eigenvalue weighted by atomic mass is 10.1. The number of amides is 3. The molecule has 2 aromatic rings. The first-order valence-corrected chi connectivity index (χ1v) is 8.44. The van der Waals surface area contributed by atoms with Crippen LogP contribution in [0.1, 0.15) is 26.3 Å². The van der Waals surface area contributed by atoms with Gasteiger partial charge in [0.25, 0.3) is 0 Å². The Morgan fingerprint density at radius 1 is 0.923 bits per heavy atom. The van der Waals surface area contributed by atoms with E-state index in [-0.39, 0.29) is 24.3 Å². The zero-order valence-corrected chi connectivity index (χ0v) is 15.2. The predicted molar refractivity (Wildman–Crippen MR) is 103 cm³/mol. The molecular weight excluding hydrogens is 330 g/mol. The Balaban J connectivity index is 2.14. The highest BCUT2D eigenvalue weighted by Crippen LogP contribution is 2.21. The van der Waals surface area contributed by atoms with E-state index in [1.54, 1.807) is 24.3 Å². The Morgan fingerprint density at radius 3 is 2.19 bits per heavy atom. The van der Waals surface area contributed by atoms with Crippen LogP contribution in [0.25, 0.3) is 0 Å². The minimum absolute atomic E-state index is 0.0866. The molecular formula is C20H23N3O3. The van der Waals surface area contributed by atoms with E-state index in [1.165, 1.54) is 18.7 Å². The van der Waals surface area contributed by atoms with Crippen molar-refractivity contribution >= 4 is 34.8 Å². The van der Waals surface area contributed by atoms with Crippen LogP contribution in [0.4, 0.5) is 17.1 Å². The molecule has 0 aliphatic heterocycles. The van der Waals surface area contributed by atoms with Crippen LogP contribution >= 0.6 is 0 Å². The van der Waals surface area contributed by atoms with Gasteiger partial charge in [0.15, 0.2) is 0 Å². The van der Waals surface area contributed by atoms with Gasteiger partial charge in [0.2, 0.25) is 17.7 Å². The van der Waals surface area contributed by atoms with Gasteiger partial charge in [-0.1, -0.05) is 31.2 Å². The summed E-state index contributed by atoms with van der Waals surface area (Å²) >= 11 is 0. The maximum Gasteiger partial charge on any atom is 0.244 e. The van der Waals surface area contributed by atoms with Gasteiger partial charge in [-0.15, -0.1) is 0 Å². The molecule has 0 unspecified atom stereocenters. The normalized spacial score (nSPS) is 10.1. The van der Waals surface area contributed by atoms with Crippen LogP contribution in [0, 0.1) is 0 Å². The largest absolute Gasteiger partial charge is 0.326 e. The average Bonchev–Trinajstić information content (AvgIpc) is 2.59. The molecule has 6 nitrogen and oxygen atoms in total. The molecule has 2 N–H and O–H groups in total. The van der Waals surface area contributed by atoms with Crippen molar-refractivity contribution in [3.63, 3.8) is 0 Å². The predicted octanol–water partition coefficient (Wildman–Crippen LogP) is 3.20. The van der Waals surface area contributed by atoms with Gasteiger partial charge in [0, 0.05) is 30.9 Å². The van der Waals surface area contributed by atoms with Gasteiger partial charge >= 0.3 is 0 Å². The lowest BCUT2D eigenvalue weighted by Gasteiger charge is -2.23. The van der Waals surface area contributed by atoms with E-state index in [2.05, 4.69) is 10.6 Å². The van der Waals surface area contributed by atoms with Crippen LogP contribution in [-0.4, -0.2) is 24.3 Å². The second-order valence-corrected chi connectivity index (χ2v) is 5.90. The Morgan fingerprint density at radius 2 is 1.58 bits per heavy atom. The number of carbonyl (C=O) groups excluding carboxylic acids is 3. The summed E-state index contributed by atoms with van der Waals surface area (Å²) in [6.45, 7) is 4.78. The van der Waals surface area contributed by atoms with Gasteiger partial charge in [0.1, 0.15) is 6.54 Å². The highest BCUT2D eigenvalue weighted by molar-refractivity contribution is 6.02. The summed E-state index contributed by atoms with van der Waals surface area (Å²) in [6, 6.07) is 14.4. The highest BCUT2D eigenvalue weighted by Gasteiger charge is 2.18. The monoisotopic (exact) mass is 353 g/mol. The second-order valence-electron chi connectivity index (χ2n) is 5.90. The third kappa shape index (κ3) is 5.17. The van der Waals surface area contributed by atoms with Crippen molar-refractivity contribution in [1.29, 1.82) is 0 Å². The van der Waals surface area contributed by atoms with Crippen LogP contribution in [0.5, 0.6) is 0 Å². The Kier molecular flexibility index (Phi) is 6.49. The summed E-state index contributed by atoms with van der Waals surface area (Å²) in [4.78, 5) is 37.1. The molecule has 0 saturated carbocycles. The third-order valence-corrected chi connectivity index (χ3v) is 3.81. The summed E-state index contributed by atoms with van der Waals surface area (Å²) in [6.07, 6.45) is 0.764. The molecule has 0 radical (unpaired) electrons. The molecule has 0 heterocycles. The first kappa shape index (κ1) is 19.2. The van der Waals surface area contributed by atoms with E-state index < -0.39 is 0 Å². The Bertz CT molecular complexity index is 817. The molecule has 0 fully saturated rings. The SMILES string of the molecule is CCc1ccccc1N(CC(=O)Nc1cccc(NC(C)=O)c1)C(C)=O. The van der Waals surface area contributed by atoms with Gasteiger partial charge < -0.3 is 15.5 Å². The van der Waals surface area contributed by atoms with Gasteiger partial charge in [-0.2, -0.15) is 0 Å². The summed E-state index contributed by atoms with van der Waals surface area (Å²) < 4.78 is 0. The topological polar surface area (TPSA) is 78.5 Å². The van der Waals surface area contributed by atoms with E-state index in [0.29, 0.717) is 11.4 Å². The van der Waals surface area contributed by atoms with Crippen molar-refractivity contribution < 1.29 is 14.4 Å². The fraction of sp³-hybridized carbons (Fsp3) is 0.250. The summed E-state index contributed by atoms with van der Waals surface area (Å²) in [5.74, 6) is -0.702. The highest BCUT2D eigenvalue weighted by atomic mass is 16.2. The van der Waals surface area contributed by atoms with Gasteiger partial charge in [0.05, 0.1) is 0 Å². The first-order valence-electron chi connectivity index (χ1n) is 8.44. The molecule has 2 aromatic carbocycles. The van der Waals surface area contributed by atoms with Crippen molar-refractivity contribution in [2.75, 3.05) is 22.1 Å². The zero-order valence-electron chi connectivity index (χ0n) is 15.2. The van der Waals surface area contributed by atoms with E-state index in [1.807, 2.05) is 31.2 Å². The zero-order chi connectivity index (χ0) is 19.1. The number of nitrogens with zero attached hydrogens (tertiary/aromatic N) is 1. The maximum atomic E-state index is 12.4. The summed E-state index contributed by atoms with van der Waals surface area (Å²) in [5.41, 5.74) is 2.89. The van der Waals surface area contributed by atoms with Crippen LogP contribution in [-0.2, 0) is 20.8 Å². The molecule has 0 aliphatic rings. The fourth-order valence-electron chi connectivity index (χ4n) is 2.66. The van der Waals surface area contributed by atoms with E-state index in [0.717, 1.165) is 17.7 Å². The lowest BCUT2D eigenvalue weighted by molar-refractivity contribution is -0.120. The van der Waals surface area contributed by atoms with Crippen molar-refractivity contribution in [1.82, 2.24) is 0 Å². The summed E-state index contributed by atoms with van der Waals surface area (Å²) in [7, 11) is 0. The molecule has 0 aromatic heterocycles. The maximum absolute atomic E-state index is 12.4. The molecule has 0 aliphatic carbocycles. The van der Waals surface area contributed by atoms with Crippen molar-refractivity contribution in [3.8, 4) is 0 Å². The number of hydrogen-bond donors (Lipinski definition) is 2. The number of para-hydroxylation sites is 1. The number of nitrogens with one attached hydrogen (secondary N) is 2. The number of carbonyl (C=O) groups is 3. The molecule has 0 atom stereocenters. The number of anilines is 3. The molecule has 136 valence electrons. The third-order valence-electron chi connectivity index (χ3n) is 3.81. The van der Waals surface area contributed by atoms with E-state index in [9.17, 15) is 14.4 Å². The number of aryl methyl sites for hydroxylation is 1. The van der Waals surface area contributed by atoms with Gasteiger partial charge in [-0.3, -0.25) is 14.4 Å². The van der Waals surface area contributed by atoms with E-state index in [4.69, 9.17) is 0 Å². The molecule has 6 heteroatoms. The molecule has 2 rings (SSSR count). The van der Waals surface area contributed by atoms with Crippen LogP contribution in [0.15, 0.2) is 48.5 Å². The minimum atomic E-state index is -0.314. The van der Waals surface area contributed by atoms with E-state index >= 15 is 0 Å². The quantitative estimate of drug-likeness (QED) is 0.837. The second kappa shape index (κ2) is 8.80. The van der Waals surface area contributed by atoms with Crippen LogP contribution < -0.4 is 15.5 Å². The fourth-order valence-corrected chi connectivity index (χ4v) is 2.66. The summed E-state index contributed by atoms with van der Waals surface area (Å²) in [5, 5.41) is 5.43. The van der Waals surface area contributed by atoms with Gasteiger partial charge in [-0.25, -0.2) is 0 Å².